The molecule has 4 fully saturated rings. The average molecular weight is 333 g/mol. The quantitative estimate of drug-likeness (QED) is 0.776. The third-order valence-electron chi connectivity index (χ3n) is 7.51. The maximum atomic E-state index is 12.4. The summed E-state index contributed by atoms with van der Waals surface area (Å²) in [6.45, 7) is 4.37. The highest BCUT2D eigenvalue weighted by Crippen LogP contribution is 2.56. The van der Waals surface area contributed by atoms with Crippen LogP contribution in [0, 0.1) is 35.0 Å². The topological polar surface area (TPSA) is 77.8 Å². The van der Waals surface area contributed by atoms with E-state index >= 15 is 0 Å². The second-order valence-corrected chi connectivity index (χ2v) is 8.48. The fourth-order valence-electron chi connectivity index (χ4n) is 6.33. The number of aliphatic carboxylic acids is 2. The van der Waals surface area contributed by atoms with Crippen molar-refractivity contribution in [3.63, 3.8) is 0 Å². The summed E-state index contributed by atoms with van der Waals surface area (Å²) in [6, 6.07) is 0.298. The molecule has 6 unspecified atom stereocenters. The van der Waals surface area contributed by atoms with Crippen LogP contribution < -0.4 is 0 Å². The van der Waals surface area contributed by atoms with Crippen molar-refractivity contribution in [1.82, 2.24) is 4.90 Å². The number of hydrogen-bond acceptors (Lipinski definition) is 3. The van der Waals surface area contributed by atoms with E-state index in [4.69, 9.17) is 0 Å². The van der Waals surface area contributed by atoms with Crippen molar-refractivity contribution in [2.24, 2.45) is 35.0 Å². The highest BCUT2D eigenvalue weighted by molar-refractivity contribution is 5.78. The van der Waals surface area contributed by atoms with E-state index in [0.717, 1.165) is 25.9 Å². The van der Waals surface area contributed by atoms with Gasteiger partial charge < -0.3 is 15.1 Å². The van der Waals surface area contributed by atoms with Gasteiger partial charge in [-0.15, -0.1) is 0 Å². The van der Waals surface area contributed by atoms with Crippen molar-refractivity contribution in [2.45, 2.75) is 45.1 Å². The molecule has 3 heterocycles. The molecule has 1 saturated carbocycles. The third-order valence-corrected chi connectivity index (χ3v) is 7.51. The lowest BCUT2D eigenvalue weighted by Gasteiger charge is -2.56. The van der Waals surface area contributed by atoms with Crippen LogP contribution in [0.25, 0.3) is 0 Å². The second-order valence-electron chi connectivity index (χ2n) is 8.48. The molecule has 2 aliphatic carbocycles. The standard InChI is InChI=1S/C19H27NO4/c1-11-16(12-3-6-20(11)7-4-12)19(18(23)24)5-2-13-8-14(17(21)22)9-15(13)10-19/h2,5,11-16H,3-4,6-10H2,1H3,(H,21,22)(H,23,24). The molecular formula is C19H27NO4. The Kier molecular flexibility index (Phi) is 3.75. The van der Waals surface area contributed by atoms with Crippen molar-refractivity contribution in [3.05, 3.63) is 12.2 Å². The molecule has 0 aromatic heterocycles. The van der Waals surface area contributed by atoms with Crippen LogP contribution in [0.1, 0.15) is 39.0 Å². The van der Waals surface area contributed by atoms with E-state index in [9.17, 15) is 19.8 Å². The summed E-state index contributed by atoms with van der Waals surface area (Å²) in [5, 5.41) is 19.5. The SMILES string of the molecule is CC1C(C2(C(=O)O)C=CC3CC(C(=O)O)CC3C2)C2CCN1CC2. The van der Waals surface area contributed by atoms with E-state index in [-0.39, 0.29) is 23.7 Å². The molecule has 0 radical (unpaired) electrons. The Balaban J connectivity index is 1.65. The second kappa shape index (κ2) is 5.58. The Morgan fingerprint density at radius 2 is 1.83 bits per heavy atom. The van der Waals surface area contributed by atoms with Crippen LogP contribution in [-0.2, 0) is 9.59 Å². The van der Waals surface area contributed by atoms with Crippen LogP contribution >= 0.6 is 0 Å². The van der Waals surface area contributed by atoms with E-state index in [0.29, 0.717) is 31.2 Å². The van der Waals surface area contributed by atoms with Crippen LogP contribution in [0.2, 0.25) is 0 Å². The lowest BCUT2D eigenvalue weighted by Crippen LogP contribution is -2.60. The molecule has 5 rings (SSSR count). The van der Waals surface area contributed by atoms with Crippen LogP contribution in [0.15, 0.2) is 12.2 Å². The molecule has 3 aliphatic heterocycles. The Labute approximate surface area is 142 Å². The van der Waals surface area contributed by atoms with Crippen molar-refractivity contribution in [3.8, 4) is 0 Å². The first kappa shape index (κ1) is 16.1. The summed E-state index contributed by atoms with van der Waals surface area (Å²) in [7, 11) is 0. The van der Waals surface area contributed by atoms with Gasteiger partial charge in [-0.1, -0.05) is 12.2 Å². The number of carboxylic acids is 2. The molecular weight excluding hydrogens is 306 g/mol. The minimum atomic E-state index is -0.808. The highest BCUT2D eigenvalue weighted by Gasteiger charge is 2.57. The van der Waals surface area contributed by atoms with Gasteiger partial charge in [-0.2, -0.15) is 0 Å². The molecule has 0 aromatic rings. The van der Waals surface area contributed by atoms with Crippen LogP contribution in [0.3, 0.4) is 0 Å². The molecule has 0 amide bonds. The summed E-state index contributed by atoms with van der Waals surface area (Å²) in [4.78, 5) is 26.2. The predicted molar refractivity (Wildman–Crippen MR) is 88.4 cm³/mol. The molecule has 5 heteroatoms. The van der Waals surface area contributed by atoms with E-state index < -0.39 is 17.4 Å². The number of rotatable bonds is 3. The number of allylic oxidation sites excluding steroid dienone is 1. The monoisotopic (exact) mass is 333 g/mol. The van der Waals surface area contributed by atoms with Gasteiger partial charge in [0.15, 0.2) is 0 Å². The zero-order valence-electron chi connectivity index (χ0n) is 14.2. The molecule has 3 saturated heterocycles. The molecule has 132 valence electrons. The van der Waals surface area contributed by atoms with Gasteiger partial charge in [0, 0.05) is 6.04 Å². The maximum absolute atomic E-state index is 12.4. The first-order valence-corrected chi connectivity index (χ1v) is 9.32. The molecule has 6 atom stereocenters. The van der Waals surface area contributed by atoms with Gasteiger partial charge in [0.05, 0.1) is 11.3 Å². The Bertz CT molecular complexity index is 578. The average Bonchev–Trinajstić information content (AvgIpc) is 2.98. The van der Waals surface area contributed by atoms with Gasteiger partial charge >= 0.3 is 11.9 Å². The van der Waals surface area contributed by atoms with Gasteiger partial charge in [0.2, 0.25) is 0 Å². The van der Waals surface area contributed by atoms with Crippen LogP contribution in [-0.4, -0.2) is 46.2 Å². The van der Waals surface area contributed by atoms with E-state index in [2.05, 4.69) is 17.9 Å². The largest absolute Gasteiger partial charge is 0.481 e. The normalized spacial score (nSPS) is 49.8. The first-order valence-electron chi connectivity index (χ1n) is 9.32. The number of carbonyl (C=O) groups is 2. The Morgan fingerprint density at radius 1 is 1.12 bits per heavy atom. The number of carboxylic acid groups (broad SMARTS) is 2. The summed E-state index contributed by atoms with van der Waals surface area (Å²) in [6.07, 6.45) is 8.14. The van der Waals surface area contributed by atoms with Crippen molar-refractivity contribution >= 4 is 11.9 Å². The third kappa shape index (κ3) is 2.24. The molecule has 2 N–H and O–H groups in total. The summed E-state index contributed by atoms with van der Waals surface area (Å²) < 4.78 is 0. The zero-order chi connectivity index (χ0) is 17.1. The van der Waals surface area contributed by atoms with E-state index in [1.54, 1.807) is 0 Å². The van der Waals surface area contributed by atoms with Gasteiger partial charge in [0.25, 0.3) is 0 Å². The minimum absolute atomic E-state index is 0.151. The number of piperidine rings is 3. The van der Waals surface area contributed by atoms with E-state index in [1.807, 2.05) is 6.08 Å². The molecule has 2 bridgehead atoms. The zero-order valence-corrected chi connectivity index (χ0v) is 14.2. The Hall–Kier alpha value is -1.36. The van der Waals surface area contributed by atoms with Gasteiger partial charge in [0.1, 0.15) is 0 Å². The highest BCUT2D eigenvalue weighted by atomic mass is 16.4. The van der Waals surface area contributed by atoms with Crippen molar-refractivity contribution < 1.29 is 19.8 Å². The van der Waals surface area contributed by atoms with Gasteiger partial charge in [-0.3, -0.25) is 9.59 Å². The maximum Gasteiger partial charge on any atom is 0.313 e. The molecule has 5 aliphatic rings. The summed E-state index contributed by atoms with van der Waals surface area (Å²) >= 11 is 0. The molecule has 0 aromatic carbocycles. The molecule has 24 heavy (non-hydrogen) atoms. The lowest BCUT2D eigenvalue weighted by atomic mass is 9.56. The van der Waals surface area contributed by atoms with Crippen molar-refractivity contribution in [2.75, 3.05) is 13.1 Å². The summed E-state index contributed by atoms with van der Waals surface area (Å²) in [5.41, 5.74) is -0.808. The predicted octanol–water partition coefficient (Wildman–Crippen LogP) is 2.47. The number of fused-ring (bicyclic) bond motifs is 4. The van der Waals surface area contributed by atoms with Gasteiger partial charge in [-0.05, 0) is 75.8 Å². The number of nitrogens with zero attached hydrogens (tertiary/aromatic N) is 1. The van der Waals surface area contributed by atoms with Crippen LogP contribution in [0.5, 0.6) is 0 Å². The first-order chi connectivity index (χ1) is 11.4. The summed E-state index contributed by atoms with van der Waals surface area (Å²) in [5.74, 6) is -0.655. The van der Waals surface area contributed by atoms with E-state index in [1.165, 1.54) is 0 Å². The fraction of sp³-hybridized carbons (Fsp3) is 0.789. The number of hydrogen-bond donors (Lipinski definition) is 2. The minimum Gasteiger partial charge on any atom is -0.481 e. The molecule has 5 nitrogen and oxygen atoms in total. The lowest BCUT2D eigenvalue weighted by molar-refractivity contribution is -0.160. The van der Waals surface area contributed by atoms with Gasteiger partial charge in [-0.25, -0.2) is 0 Å². The smallest absolute Gasteiger partial charge is 0.313 e. The fourth-order valence-corrected chi connectivity index (χ4v) is 6.33. The Morgan fingerprint density at radius 3 is 2.42 bits per heavy atom. The molecule has 0 spiro atoms. The van der Waals surface area contributed by atoms with Crippen molar-refractivity contribution in [1.29, 1.82) is 0 Å². The van der Waals surface area contributed by atoms with Crippen LogP contribution in [0.4, 0.5) is 0 Å².